The number of sulfonamides is 1. The molecule has 1 heterocycles. The predicted octanol–water partition coefficient (Wildman–Crippen LogP) is 0.0811. The first kappa shape index (κ1) is 14.9. The maximum atomic E-state index is 11.3. The first-order valence-corrected chi connectivity index (χ1v) is 8.00. The topological polar surface area (TPSA) is 66.6 Å². The molecule has 17 heavy (non-hydrogen) atoms. The average molecular weight is 263 g/mol. The molecule has 0 aromatic rings. The van der Waals surface area contributed by atoms with Crippen LogP contribution in [0.25, 0.3) is 0 Å². The molecule has 5 nitrogen and oxygen atoms in total. The third-order valence-electron chi connectivity index (χ3n) is 3.10. The molecule has 1 aliphatic rings. The lowest BCUT2D eigenvalue weighted by Gasteiger charge is -2.33. The number of nitrogens with zero attached hydrogens (tertiary/aromatic N) is 2. The van der Waals surface area contributed by atoms with E-state index in [9.17, 15) is 8.42 Å². The molecule has 0 atom stereocenters. The van der Waals surface area contributed by atoms with Crippen LogP contribution < -0.4 is 5.73 Å². The SMILES string of the molecule is CC(C)(N)CCCN1CCN(S(C)(=O)=O)CC1. The maximum Gasteiger partial charge on any atom is 0.211 e. The molecule has 0 spiro atoms. The molecule has 1 rings (SSSR count). The highest BCUT2D eigenvalue weighted by molar-refractivity contribution is 7.88. The quantitative estimate of drug-likeness (QED) is 0.763. The van der Waals surface area contributed by atoms with Gasteiger partial charge in [-0.25, -0.2) is 8.42 Å². The third-order valence-corrected chi connectivity index (χ3v) is 4.40. The van der Waals surface area contributed by atoms with Gasteiger partial charge in [0.25, 0.3) is 0 Å². The minimum atomic E-state index is -3.01. The third kappa shape index (κ3) is 5.81. The van der Waals surface area contributed by atoms with Gasteiger partial charge in [0.15, 0.2) is 0 Å². The van der Waals surface area contributed by atoms with Gasteiger partial charge in [0, 0.05) is 31.7 Å². The van der Waals surface area contributed by atoms with Gasteiger partial charge in [-0.15, -0.1) is 0 Å². The van der Waals surface area contributed by atoms with Crippen LogP contribution in [-0.2, 0) is 10.0 Å². The van der Waals surface area contributed by atoms with Crippen molar-refractivity contribution >= 4 is 10.0 Å². The van der Waals surface area contributed by atoms with E-state index >= 15 is 0 Å². The molecular weight excluding hydrogens is 238 g/mol. The van der Waals surface area contributed by atoms with Crippen molar-refractivity contribution in [1.29, 1.82) is 0 Å². The molecule has 1 fully saturated rings. The first-order valence-electron chi connectivity index (χ1n) is 6.15. The molecule has 102 valence electrons. The normalized spacial score (nSPS) is 20.7. The Morgan fingerprint density at radius 1 is 1.18 bits per heavy atom. The molecule has 0 aliphatic carbocycles. The number of nitrogens with two attached hydrogens (primary N) is 1. The van der Waals surface area contributed by atoms with Gasteiger partial charge in [-0.2, -0.15) is 4.31 Å². The second-order valence-corrected chi connectivity index (χ2v) is 7.58. The van der Waals surface area contributed by atoms with Crippen LogP contribution in [0, 0.1) is 0 Å². The highest BCUT2D eigenvalue weighted by atomic mass is 32.2. The van der Waals surface area contributed by atoms with Crippen LogP contribution >= 0.6 is 0 Å². The van der Waals surface area contributed by atoms with E-state index in [0.717, 1.165) is 32.5 Å². The number of hydrogen-bond donors (Lipinski definition) is 1. The van der Waals surface area contributed by atoms with Crippen LogP contribution in [-0.4, -0.2) is 62.1 Å². The molecule has 1 saturated heterocycles. The highest BCUT2D eigenvalue weighted by Gasteiger charge is 2.23. The van der Waals surface area contributed by atoms with Gasteiger partial charge < -0.3 is 10.6 Å². The van der Waals surface area contributed by atoms with Crippen molar-refractivity contribution in [2.24, 2.45) is 5.73 Å². The number of piperazine rings is 1. The lowest BCUT2D eigenvalue weighted by atomic mass is 10.00. The summed E-state index contributed by atoms with van der Waals surface area (Å²) in [6, 6.07) is 0. The van der Waals surface area contributed by atoms with Crippen LogP contribution in [0.1, 0.15) is 26.7 Å². The predicted molar refractivity (Wildman–Crippen MR) is 70.4 cm³/mol. The Labute approximate surface area is 105 Å². The van der Waals surface area contributed by atoms with Crippen molar-refractivity contribution in [2.45, 2.75) is 32.2 Å². The van der Waals surface area contributed by atoms with Crippen LogP contribution in [0.4, 0.5) is 0 Å². The summed E-state index contributed by atoms with van der Waals surface area (Å²) < 4.78 is 24.2. The molecule has 1 aliphatic heterocycles. The molecule has 0 aromatic heterocycles. The second-order valence-electron chi connectivity index (χ2n) is 5.60. The van der Waals surface area contributed by atoms with E-state index in [4.69, 9.17) is 5.73 Å². The lowest BCUT2D eigenvalue weighted by Crippen LogP contribution is -2.48. The van der Waals surface area contributed by atoms with Gasteiger partial charge in [0.1, 0.15) is 0 Å². The van der Waals surface area contributed by atoms with E-state index in [1.165, 1.54) is 6.26 Å². The largest absolute Gasteiger partial charge is 0.326 e. The minimum Gasteiger partial charge on any atom is -0.326 e. The summed E-state index contributed by atoms with van der Waals surface area (Å²) in [6.45, 7) is 7.98. The molecule has 0 radical (unpaired) electrons. The Kier molecular flexibility index (Phi) is 4.95. The Morgan fingerprint density at radius 2 is 1.71 bits per heavy atom. The van der Waals surface area contributed by atoms with Crippen molar-refractivity contribution in [3.05, 3.63) is 0 Å². The molecule has 0 amide bonds. The van der Waals surface area contributed by atoms with Crippen molar-refractivity contribution in [1.82, 2.24) is 9.21 Å². The van der Waals surface area contributed by atoms with Crippen molar-refractivity contribution in [3.63, 3.8) is 0 Å². The smallest absolute Gasteiger partial charge is 0.211 e. The monoisotopic (exact) mass is 263 g/mol. The molecule has 0 unspecified atom stereocenters. The Hall–Kier alpha value is -0.170. The van der Waals surface area contributed by atoms with E-state index in [0.29, 0.717) is 13.1 Å². The van der Waals surface area contributed by atoms with Gasteiger partial charge >= 0.3 is 0 Å². The summed E-state index contributed by atoms with van der Waals surface area (Å²) in [5, 5.41) is 0. The maximum absolute atomic E-state index is 11.3. The van der Waals surface area contributed by atoms with E-state index in [1.54, 1.807) is 4.31 Å². The van der Waals surface area contributed by atoms with E-state index < -0.39 is 10.0 Å². The van der Waals surface area contributed by atoms with Gasteiger partial charge in [0.05, 0.1) is 6.26 Å². The van der Waals surface area contributed by atoms with Crippen LogP contribution in [0.3, 0.4) is 0 Å². The summed E-state index contributed by atoms with van der Waals surface area (Å²) in [6.07, 6.45) is 3.35. The molecule has 6 heteroatoms. The zero-order chi connectivity index (χ0) is 13.1. The first-order chi connectivity index (χ1) is 7.68. The van der Waals surface area contributed by atoms with E-state index in [1.807, 2.05) is 13.8 Å². The van der Waals surface area contributed by atoms with E-state index in [-0.39, 0.29) is 5.54 Å². The molecule has 0 saturated carbocycles. The fourth-order valence-corrected chi connectivity index (χ4v) is 2.87. The Balaban J connectivity index is 2.24. The zero-order valence-corrected chi connectivity index (χ0v) is 12.0. The molecule has 0 bridgehead atoms. The fraction of sp³-hybridized carbons (Fsp3) is 1.00. The second kappa shape index (κ2) is 5.65. The van der Waals surface area contributed by atoms with Crippen molar-refractivity contribution < 1.29 is 8.42 Å². The van der Waals surface area contributed by atoms with E-state index in [2.05, 4.69) is 4.90 Å². The highest BCUT2D eigenvalue weighted by Crippen LogP contribution is 2.10. The lowest BCUT2D eigenvalue weighted by molar-refractivity contribution is 0.183. The Bertz CT molecular complexity index is 327. The molecule has 0 aromatic carbocycles. The minimum absolute atomic E-state index is 0.103. The fourth-order valence-electron chi connectivity index (χ4n) is 2.04. The zero-order valence-electron chi connectivity index (χ0n) is 11.1. The molecular formula is C11H25N3O2S. The molecule has 2 N–H and O–H groups in total. The number of rotatable bonds is 5. The summed E-state index contributed by atoms with van der Waals surface area (Å²) in [4.78, 5) is 2.31. The van der Waals surface area contributed by atoms with Crippen molar-refractivity contribution in [2.75, 3.05) is 39.0 Å². The van der Waals surface area contributed by atoms with Crippen LogP contribution in [0.5, 0.6) is 0 Å². The van der Waals surface area contributed by atoms with Crippen molar-refractivity contribution in [3.8, 4) is 0 Å². The van der Waals surface area contributed by atoms with Crippen LogP contribution in [0.15, 0.2) is 0 Å². The van der Waals surface area contributed by atoms with Gasteiger partial charge in [0.2, 0.25) is 10.0 Å². The summed E-state index contributed by atoms with van der Waals surface area (Å²) in [5.74, 6) is 0. The van der Waals surface area contributed by atoms with Crippen LogP contribution in [0.2, 0.25) is 0 Å². The standard InChI is InChI=1S/C11H25N3O2S/c1-11(2,12)5-4-6-13-7-9-14(10-8-13)17(3,15)16/h4-10,12H2,1-3H3. The summed E-state index contributed by atoms with van der Waals surface area (Å²) in [5.41, 5.74) is 5.82. The van der Waals surface area contributed by atoms with Gasteiger partial charge in [-0.05, 0) is 33.2 Å². The van der Waals surface area contributed by atoms with Gasteiger partial charge in [-0.3, -0.25) is 0 Å². The average Bonchev–Trinajstić information content (AvgIpc) is 2.15. The summed E-state index contributed by atoms with van der Waals surface area (Å²) >= 11 is 0. The Morgan fingerprint density at radius 3 is 2.12 bits per heavy atom. The van der Waals surface area contributed by atoms with Gasteiger partial charge in [-0.1, -0.05) is 0 Å². The summed E-state index contributed by atoms with van der Waals surface area (Å²) in [7, 11) is -3.01. The number of hydrogen-bond acceptors (Lipinski definition) is 4.